The van der Waals surface area contributed by atoms with E-state index in [4.69, 9.17) is 0 Å². The highest BCUT2D eigenvalue weighted by Gasteiger charge is 2.38. The minimum atomic E-state index is -0.883. The molecule has 2 N–H and O–H groups in total. The van der Waals surface area contributed by atoms with Crippen molar-refractivity contribution in [2.75, 3.05) is 0 Å². The highest BCUT2D eigenvalue weighted by molar-refractivity contribution is 6.06. The van der Waals surface area contributed by atoms with E-state index in [1.165, 1.54) is 0 Å². The Hall–Kier alpha value is -2.44. The second-order valence-electron chi connectivity index (χ2n) is 7.24. The first-order valence-electron chi connectivity index (χ1n) is 8.70. The van der Waals surface area contributed by atoms with Crippen molar-refractivity contribution in [2.24, 2.45) is 0 Å². The lowest BCUT2D eigenvalue weighted by Gasteiger charge is -2.28. The lowest BCUT2D eigenvalue weighted by molar-refractivity contribution is -0.138. The first-order valence-corrected chi connectivity index (χ1v) is 8.70. The number of fused-ring (bicyclic) bond motifs is 1. The molecular weight excluding hydrogens is 320 g/mol. The Morgan fingerprint density at radius 1 is 1.36 bits per heavy atom. The number of aryl methyl sites for hydroxylation is 1. The number of carbonyl (C=O) groups excluding carboxylic acids is 1. The fraction of sp³-hybridized carbons (Fsp3) is 0.556. The summed E-state index contributed by atoms with van der Waals surface area (Å²) < 4.78 is 1.79. The summed E-state index contributed by atoms with van der Waals surface area (Å²) in [6.45, 7) is 5.86. The topological polar surface area (TPSA) is 97.1 Å². The summed E-state index contributed by atoms with van der Waals surface area (Å²) in [5.74, 6) is -1.13. The van der Waals surface area contributed by atoms with Gasteiger partial charge in [-0.15, -0.1) is 0 Å². The molecule has 7 heteroatoms. The average molecular weight is 344 g/mol. The predicted octanol–water partition coefficient (Wildman–Crippen LogP) is 2.84. The summed E-state index contributed by atoms with van der Waals surface area (Å²) in [4.78, 5) is 28.7. The molecule has 0 unspecified atom stereocenters. The quantitative estimate of drug-likeness (QED) is 0.869. The Balaban J connectivity index is 1.98. The summed E-state index contributed by atoms with van der Waals surface area (Å²) in [5.41, 5.74) is 1.27. The molecule has 0 aromatic carbocycles. The predicted molar refractivity (Wildman–Crippen MR) is 93.6 cm³/mol. The minimum Gasteiger partial charge on any atom is -0.481 e. The van der Waals surface area contributed by atoms with E-state index in [0.29, 0.717) is 29.4 Å². The highest BCUT2D eigenvalue weighted by atomic mass is 16.4. The molecule has 2 aromatic rings. The maximum Gasteiger partial charge on any atom is 0.305 e. The number of pyridine rings is 1. The molecule has 1 amide bonds. The third-order valence-corrected chi connectivity index (χ3v) is 4.86. The second kappa shape index (κ2) is 6.46. The number of nitrogens with one attached hydrogen (secondary N) is 1. The van der Waals surface area contributed by atoms with Gasteiger partial charge in [-0.1, -0.05) is 12.8 Å². The zero-order valence-corrected chi connectivity index (χ0v) is 14.9. The van der Waals surface area contributed by atoms with Crippen molar-refractivity contribution >= 4 is 22.9 Å². The number of aliphatic carboxylic acids is 1. The molecule has 1 fully saturated rings. The monoisotopic (exact) mass is 344 g/mol. The molecule has 1 saturated carbocycles. The third kappa shape index (κ3) is 3.36. The van der Waals surface area contributed by atoms with Crippen molar-refractivity contribution in [2.45, 2.75) is 64.5 Å². The third-order valence-electron chi connectivity index (χ3n) is 4.86. The molecule has 1 aliphatic carbocycles. The van der Waals surface area contributed by atoms with Crippen LogP contribution >= 0.6 is 0 Å². The number of carbonyl (C=O) groups is 2. The van der Waals surface area contributed by atoms with Crippen LogP contribution in [0.15, 0.2) is 12.3 Å². The Kier molecular flexibility index (Phi) is 4.49. The van der Waals surface area contributed by atoms with Gasteiger partial charge in [-0.2, -0.15) is 5.10 Å². The Labute approximate surface area is 146 Å². The average Bonchev–Trinajstić information content (AvgIpc) is 3.12. The van der Waals surface area contributed by atoms with Gasteiger partial charge in [0.2, 0.25) is 0 Å². The van der Waals surface area contributed by atoms with Gasteiger partial charge >= 0.3 is 5.97 Å². The van der Waals surface area contributed by atoms with Crippen LogP contribution in [0.25, 0.3) is 11.0 Å². The SMILES string of the molecule is Cc1cc(C(=O)NC2(CC(=O)O)CCCC2)c2cnn(C(C)C)c2n1. The zero-order valence-electron chi connectivity index (χ0n) is 14.9. The lowest BCUT2D eigenvalue weighted by Crippen LogP contribution is -2.47. The summed E-state index contributed by atoms with van der Waals surface area (Å²) in [6.07, 6.45) is 4.88. The van der Waals surface area contributed by atoms with Crippen LogP contribution in [-0.4, -0.2) is 37.3 Å². The van der Waals surface area contributed by atoms with Crippen LogP contribution in [0.4, 0.5) is 0 Å². The largest absolute Gasteiger partial charge is 0.481 e. The molecule has 134 valence electrons. The van der Waals surface area contributed by atoms with Crippen LogP contribution in [0.3, 0.4) is 0 Å². The van der Waals surface area contributed by atoms with Crippen molar-refractivity contribution in [1.29, 1.82) is 0 Å². The van der Waals surface area contributed by atoms with E-state index in [9.17, 15) is 14.7 Å². The van der Waals surface area contributed by atoms with Gasteiger partial charge in [0.25, 0.3) is 5.91 Å². The number of carboxylic acids is 1. The van der Waals surface area contributed by atoms with Crippen LogP contribution in [0.1, 0.15) is 68.0 Å². The molecule has 2 heterocycles. The fourth-order valence-electron chi connectivity index (χ4n) is 3.70. The number of nitrogens with zero attached hydrogens (tertiary/aromatic N) is 3. The molecule has 1 aliphatic rings. The number of carboxylic acid groups (broad SMARTS) is 1. The van der Waals surface area contributed by atoms with Crippen LogP contribution < -0.4 is 5.32 Å². The minimum absolute atomic E-state index is 0.0444. The van der Waals surface area contributed by atoms with E-state index in [1.807, 2.05) is 20.8 Å². The molecule has 25 heavy (non-hydrogen) atoms. The van der Waals surface area contributed by atoms with Gasteiger partial charge in [0.1, 0.15) is 0 Å². The number of hydrogen-bond acceptors (Lipinski definition) is 4. The van der Waals surface area contributed by atoms with Crippen LogP contribution in [0.5, 0.6) is 0 Å². The summed E-state index contributed by atoms with van der Waals surface area (Å²) >= 11 is 0. The van der Waals surface area contributed by atoms with Gasteiger partial charge in [-0.05, 0) is 39.7 Å². The van der Waals surface area contributed by atoms with Gasteiger partial charge in [-0.25, -0.2) is 9.67 Å². The molecule has 0 bridgehead atoms. The van der Waals surface area contributed by atoms with E-state index in [2.05, 4.69) is 15.4 Å². The summed E-state index contributed by atoms with van der Waals surface area (Å²) in [5, 5.41) is 17.3. The molecular formula is C18H24N4O3. The number of amides is 1. The number of aromatic nitrogens is 3. The van der Waals surface area contributed by atoms with E-state index < -0.39 is 11.5 Å². The number of hydrogen-bond donors (Lipinski definition) is 2. The summed E-state index contributed by atoms with van der Waals surface area (Å²) in [7, 11) is 0. The van der Waals surface area contributed by atoms with Gasteiger partial charge < -0.3 is 10.4 Å². The van der Waals surface area contributed by atoms with Gasteiger partial charge in [0, 0.05) is 11.7 Å². The highest BCUT2D eigenvalue weighted by Crippen LogP contribution is 2.33. The Morgan fingerprint density at radius 3 is 2.64 bits per heavy atom. The van der Waals surface area contributed by atoms with Crippen molar-refractivity contribution in [3.05, 3.63) is 23.5 Å². The van der Waals surface area contributed by atoms with Gasteiger partial charge in [0.05, 0.1) is 29.1 Å². The Bertz CT molecular complexity index is 819. The van der Waals surface area contributed by atoms with Crippen LogP contribution in [0, 0.1) is 6.92 Å². The molecule has 7 nitrogen and oxygen atoms in total. The first kappa shape index (κ1) is 17.4. The molecule has 0 atom stereocenters. The van der Waals surface area contributed by atoms with Crippen molar-refractivity contribution in [3.63, 3.8) is 0 Å². The van der Waals surface area contributed by atoms with Gasteiger partial charge in [0.15, 0.2) is 5.65 Å². The lowest BCUT2D eigenvalue weighted by atomic mass is 9.92. The maximum absolute atomic E-state index is 13.0. The first-order chi connectivity index (χ1) is 11.8. The molecule has 0 aliphatic heterocycles. The molecule has 2 aromatic heterocycles. The van der Waals surface area contributed by atoms with Crippen molar-refractivity contribution in [1.82, 2.24) is 20.1 Å². The fourth-order valence-corrected chi connectivity index (χ4v) is 3.70. The normalized spacial score (nSPS) is 16.5. The van der Waals surface area contributed by atoms with E-state index >= 15 is 0 Å². The smallest absolute Gasteiger partial charge is 0.305 e. The second-order valence-corrected chi connectivity index (χ2v) is 7.24. The van der Waals surface area contributed by atoms with Gasteiger partial charge in [-0.3, -0.25) is 9.59 Å². The van der Waals surface area contributed by atoms with Crippen molar-refractivity contribution in [3.8, 4) is 0 Å². The van der Waals surface area contributed by atoms with Crippen LogP contribution in [0.2, 0.25) is 0 Å². The summed E-state index contributed by atoms with van der Waals surface area (Å²) in [6, 6.07) is 1.88. The molecule has 0 spiro atoms. The number of rotatable bonds is 5. The maximum atomic E-state index is 13.0. The standard InChI is InChI=1S/C18H24N4O3/c1-11(2)22-16-14(10-19-22)13(8-12(3)20-16)17(25)21-18(9-15(23)24)6-4-5-7-18/h8,10-11H,4-7,9H2,1-3H3,(H,21,25)(H,23,24). The molecule has 3 rings (SSSR count). The van der Waals surface area contributed by atoms with E-state index in [-0.39, 0.29) is 18.4 Å². The van der Waals surface area contributed by atoms with Crippen molar-refractivity contribution < 1.29 is 14.7 Å². The molecule has 0 saturated heterocycles. The van der Waals surface area contributed by atoms with E-state index in [0.717, 1.165) is 18.5 Å². The van der Waals surface area contributed by atoms with Crippen LogP contribution in [-0.2, 0) is 4.79 Å². The molecule has 0 radical (unpaired) electrons. The zero-order chi connectivity index (χ0) is 18.2. The van der Waals surface area contributed by atoms with E-state index in [1.54, 1.807) is 16.9 Å². The Morgan fingerprint density at radius 2 is 2.04 bits per heavy atom.